The molecule has 0 fully saturated rings. The number of para-hydroxylation sites is 1. The van der Waals surface area contributed by atoms with Crippen LogP contribution in [0.3, 0.4) is 0 Å². The van der Waals surface area contributed by atoms with Crippen LogP contribution >= 0.6 is 0 Å². The highest BCUT2D eigenvalue weighted by molar-refractivity contribution is 6.04. The predicted octanol–water partition coefficient (Wildman–Crippen LogP) is 3.99. The number of ether oxygens (including phenoxy) is 1. The molecular weight excluding hydrogens is 318 g/mol. The van der Waals surface area contributed by atoms with E-state index in [2.05, 4.69) is 19.2 Å². The Labute approximate surface area is 147 Å². The van der Waals surface area contributed by atoms with E-state index in [4.69, 9.17) is 9.84 Å². The molecule has 0 saturated heterocycles. The van der Waals surface area contributed by atoms with Gasteiger partial charge in [-0.05, 0) is 48.2 Å². The molecule has 2 rings (SSSR count). The second-order valence-corrected chi connectivity index (χ2v) is 6.24. The number of anilines is 1. The van der Waals surface area contributed by atoms with Crippen LogP contribution in [0.25, 0.3) is 0 Å². The van der Waals surface area contributed by atoms with Gasteiger partial charge in [-0.25, -0.2) is 0 Å². The number of benzene rings is 2. The number of hydrogen-bond donors (Lipinski definition) is 2. The van der Waals surface area contributed by atoms with Crippen molar-refractivity contribution in [3.05, 3.63) is 59.7 Å². The standard InChI is InChI=1S/C20H23NO4/c1-14(2)11-12-25-17-9-7-15(8-10-17)20(24)21-18-6-4-3-5-16(18)13-19(22)23/h3-10,14H,11-13H2,1-2H3,(H,21,24)(H,22,23). The van der Waals surface area contributed by atoms with Crippen LogP contribution in [0.15, 0.2) is 48.5 Å². The van der Waals surface area contributed by atoms with Gasteiger partial charge in [0, 0.05) is 11.3 Å². The van der Waals surface area contributed by atoms with Gasteiger partial charge >= 0.3 is 5.97 Å². The number of amides is 1. The molecule has 5 heteroatoms. The van der Waals surface area contributed by atoms with Gasteiger partial charge in [0.05, 0.1) is 13.0 Å². The van der Waals surface area contributed by atoms with E-state index < -0.39 is 5.97 Å². The number of rotatable bonds is 8. The average molecular weight is 341 g/mol. The molecule has 2 aromatic rings. The maximum absolute atomic E-state index is 12.4. The number of carboxylic acids is 1. The number of carbonyl (C=O) groups is 2. The first-order chi connectivity index (χ1) is 12.0. The molecule has 2 N–H and O–H groups in total. The third-order valence-corrected chi connectivity index (χ3v) is 3.69. The van der Waals surface area contributed by atoms with Crippen molar-refractivity contribution in [1.29, 1.82) is 0 Å². The number of hydrogen-bond acceptors (Lipinski definition) is 3. The van der Waals surface area contributed by atoms with Crippen molar-refractivity contribution in [3.8, 4) is 5.75 Å². The van der Waals surface area contributed by atoms with Crippen molar-refractivity contribution in [2.45, 2.75) is 26.7 Å². The number of carboxylic acid groups (broad SMARTS) is 1. The first kappa shape index (κ1) is 18.5. The molecule has 25 heavy (non-hydrogen) atoms. The van der Waals surface area contributed by atoms with Crippen LogP contribution in [0.4, 0.5) is 5.69 Å². The quantitative estimate of drug-likeness (QED) is 0.761. The van der Waals surface area contributed by atoms with Crippen LogP contribution in [0.5, 0.6) is 5.75 Å². The summed E-state index contributed by atoms with van der Waals surface area (Å²) in [6, 6.07) is 13.8. The minimum Gasteiger partial charge on any atom is -0.494 e. The maximum atomic E-state index is 12.4. The molecule has 5 nitrogen and oxygen atoms in total. The fourth-order valence-electron chi connectivity index (χ4n) is 2.27. The Morgan fingerprint density at radius 1 is 1.08 bits per heavy atom. The van der Waals surface area contributed by atoms with Gasteiger partial charge in [0.1, 0.15) is 5.75 Å². The summed E-state index contributed by atoms with van der Waals surface area (Å²) >= 11 is 0. The Morgan fingerprint density at radius 2 is 1.76 bits per heavy atom. The Bertz CT molecular complexity index is 723. The van der Waals surface area contributed by atoms with E-state index in [1.54, 1.807) is 48.5 Å². The Balaban J connectivity index is 2.00. The summed E-state index contributed by atoms with van der Waals surface area (Å²) in [7, 11) is 0. The molecule has 0 bridgehead atoms. The Kier molecular flexibility index (Phi) is 6.57. The molecule has 0 spiro atoms. The highest BCUT2D eigenvalue weighted by Crippen LogP contribution is 2.18. The Hall–Kier alpha value is -2.82. The molecule has 0 heterocycles. The molecule has 1 amide bonds. The first-order valence-electron chi connectivity index (χ1n) is 8.29. The van der Waals surface area contributed by atoms with E-state index in [-0.39, 0.29) is 12.3 Å². The van der Waals surface area contributed by atoms with E-state index in [1.165, 1.54) is 0 Å². The summed E-state index contributed by atoms with van der Waals surface area (Å²) in [5, 5.41) is 11.7. The summed E-state index contributed by atoms with van der Waals surface area (Å²) in [5.74, 6) is 0.0792. The molecule has 0 unspecified atom stereocenters. The molecule has 0 saturated carbocycles. The van der Waals surface area contributed by atoms with Gasteiger partial charge in [0.15, 0.2) is 0 Å². The summed E-state index contributed by atoms with van der Waals surface area (Å²) in [6.45, 7) is 4.92. The highest BCUT2D eigenvalue weighted by atomic mass is 16.5. The lowest BCUT2D eigenvalue weighted by Crippen LogP contribution is -2.14. The lowest BCUT2D eigenvalue weighted by molar-refractivity contribution is -0.136. The van der Waals surface area contributed by atoms with Crippen molar-refractivity contribution in [3.63, 3.8) is 0 Å². The SMILES string of the molecule is CC(C)CCOc1ccc(C(=O)Nc2ccccc2CC(=O)O)cc1. The average Bonchev–Trinajstić information content (AvgIpc) is 2.56. The molecule has 0 aliphatic heterocycles. The van der Waals surface area contributed by atoms with Crippen molar-refractivity contribution in [1.82, 2.24) is 0 Å². The zero-order valence-electron chi connectivity index (χ0n) is 14.5. The highest BCUT2D eigenvalue weighted by Gasteiger charge is 2.11. The molecule has 0 radical (unpaired) electrons. The molecule has 2 aromatic carbocycles. The first-order valence-corrected chi connectivity index (χ1v) is 8.29. The van der Waals surface area contributed by atoms with Crippen LogP contribution in [0.1, 0.15) is 36.2 Å². The lowest BCUT2D eigenvalue weighted by atomic mass is 10.1. The van der Waals surface area contributed by atoms with Crippen LogP contribution in [0, 0.1) is 5.92 Å². The van der Waals surface area contributed by atoms with Crippen molar-refractivity contribution in [2.75, 3.05) is 11.9 Å². The summed E-state index contributed by atoms with van der Waals surface area (Å²) in [4.78, 5) is 23.3. The molecule has 0 aliphatic carbocycles. The fourth-order valence-corrected chi connectivity index (χ4v) is 2.27. The maximum Gasteiger partial charge on any atom is 0.307 e. The monoisotopic (exact) mass is 341 g/mol. The van der Waals surface area contributed by atoms with E-state index >= 15 is 0 Å². The predicted molar refractivity (Wildman–Crippen MR) is 97.1 cm³/mol. The van der Waals surface area contributed by atoms with Crippen LogP contribution < -0.4 is 10.1 Å². The van der Waals surface area contributed by atoms with E-state index in [0.29, 0.717) is 29.3 Å². The summed E-state index contributed by atoms with van der Waals surface area (Å²) in [6.07, 6.45) is 0.835. The van der Waals surface area contributed by atoms with Gasteiger partial charge in [-0.3, -0.25) is 9.59 Å². The smallest absolute Gasteiger partial charge is 0.307 e. The Morgan fingerprint density at radius 3 is 2.40 bits per heavy atom. The van der Waals surface area contributed by atoms with Crippen molar-refractivity contribution < 1.29 is 19.4 Å². The summed E-state index contributed by atoms with van der Waals surface area (Å²) in [5.41, 5.74) is 1.56. The van der Waals surface area contributed by atoms with Crippen molar-refractivity contribution >= 4 is 17.6 Å². The molecule has 0 aromatic heterocycles. The summed E-state index contributed by atoms with van der Waals surface area (Å²) < 4.78 is 5.64. The third kappa shape index (κ3) is 5.95. The zero-order chi connectivity index (χ0) is 18.2. The van der Waals surface area contributed by atoms with E-state index in [0.717, 1.165) is 12.2 Å². The topological polar surface area (TPSA) is 75.6 Å². The number of carbonyl (C=O) groups excluding carboxylic acids is 1. The minimum absolute atomic E-state index is 0.140. The van der Waals surface area contributed by atoms with Crippen LogP contribution in [0.2, 0.25) is 0 Å². The largest absolute Gasteiger partial charge is 0.494 e. The number of aliphatic carboxylic acids is 1. The van der Waals surface area contributed by atoms with Gasteiger partial charge in [0.2, 0.25) is 0 Å². The van der Waals surface area contributed by atoms with E-state index in [1.807, 2.05) is 0 Å². The number of nitrogens with one attached hydrogen (secondary N) is 1. The lowest BCUT2D eigenvalue weighted by Gasteiger charge is -2.11. The van der Waals surface area contributed by atoms with E-state index in [9.17, 15) is 9.59 Å². The van der Waals surface area contributed by atoms with Gasteiger partial charge < -0.3 is 15.2 Å². The fraction of sp³-hybridized carbons (Fsp3) is 0.300. The second-order valence-electron chi connectivity index (χ2n) is 6.24. The van der Waals surface area contributed by atoms with Gasteiger partial charge in [-0.1, -0.05) is 32.0 Å². The minimum atomic E-state index is -0.940. The van der Waals surface area contributed by atoms with Crippen molar-refractivity contribution in [2.24, 2.45) is 5.92 Å². The van der Waals surface area contributed by atoms with Gasteiger partial charge in [0.25, 0.3) is 5.91 Å². The van der Waals surface area contributed by atoms with Gasteiger partial charge in [-0.15, -0.1) is 0 Å². The molecular formula is C20H23NO4. The molecule has 0 atom stereocenters. The van der Waals surface area contributed by atoms with Crippen LogP contribution in [-0.2, 0) is 11.2 Å². The second kappa shape index (κ2) is 8.87. The molecule has 132 valence electrons. The zero-order valence-corrected chi connectivity index (χ0v) is 14.5. The van der Waals surface area contributed by atoms with Crippen LogP contribution in [-0.4, -0.2) is 23.6 Å². The molecule has 0 aliphatic rings. The van der Waals surface area contributed by atoms with Gasteiger partial charge in [-0.2, -0.15) is 0 Å². The third-order valence-electron chi connectivity index (χ3n) is 3.69. The normalized spacial score (nSPS) is 10.5.